The van der Waals surface area contributed by atoms with Crippen molar-refractivity contribution in [2.24, 2.45) is 0 Å². The minimum Gasteiger partial charge on any atom is -0.457 e. The van der Waals surface area contributed by atoms with Crippen LogP contribution in [0, 0.1) is 0 Å². The van der Waals surface area contributed by atoms with E-state index in [9.17, 15) is 9.59 Å². The van der Waals surface area contributed by atoms with Crippen molar-refractivity contribution in [3.8, 4) is 11.1 Å². The van der Waals surface area contributed by atoms with E-state index in [-0.39, 0.29) is 18.1 Å². The molecular weight excluding hydrogens is 290 g/mol. The van der Waals surface area contributed by atoms with Gasteiger partial charge in [0.25, 0.3) is 0 Å². The predicted molar refractivity (Wildman–Crippen MR) is 88.1 cm³/mol. The van der Waals surface area contributed by atoms with Crippen molar-refractivity contribution in [2.45, 2.75) is 6.61 Å². The Morgan fingerprint density at radius 2 is 1.74 bits per heavy atom. The van der Waals surface area contributed by atoms with Crippen LogP contribution in [0.25, 0.3) is 11.1 Å². The molecule has 0 aliphatic heterocycles. The Bertz CT molecular complexity index is 849. The number of ether oxygens (including phenoxy) is 1. The van der Waals surface area contributed by atoms with E-state index in [2.05, 4.69) is 4.98 Å². The summed E-state index contributed by atoms with van der Waals surface area (Å²) < 4.78 is 5.33. The lowest BCUT2D eigenvalue weighted by atomic mass is 10.0. The van der Waals surface area contributed by atoms with Gasteiger partial charge < -0.3 is 9.72 Å². The summed E-state index contributed by atoms with van der Waals surface area (Å²) >= 11 is 0. The fourth-order valence-electron chi connectivity index (χ4n) is 2.22. The molecule has 0 spiro atoms. The van der Waals surface area contributed by atoms with Crippen molar-refractivity contribution < 1.29 is 9.53 Å². The van der Waals surface area contributed by atoms with E-state index in [1.165, 1.54) is 6.07 Å². The summed E-state index contributed by atoms with van der Waals surface area (Å²) in [4.78, 5) is 25.9. The number of benzene rings is 2. The first-order valence-electron chi connectivity index (χ1n) is 7.22. The monoisotopic (exact) mass is 305 g/mol. The summed E-state index contributed by atoms with van der Waals surface area (Å²) in [5.41, 5.74) is 2.94. The predicted octanol–water partition coefficient (Wildman–Crippen LogP) is 3.40. The lowest BCUT2D eigenvalue weighted by Crippen LogP contribution is -2.05. The average Bonchev–Trinajstić information content (AvgIpc) is 2.61. The van der Waals surface area contributed by atoms with Gasteiger partial charge in [-0.2, -0.15) is 0 Å². The molecule has 0 saturated heterocycles. The molecule has 23 heavy (non-hydrogen) atoms. The summed E-state index contributed by atoms with van der Waals surface area (Å²) in [6.07, 6.45) is 1.62. The van der Waals surface area contributed by atoms with Gasteiger partial charge in [-0.05, 0) is 34.9 Å². The Morgan fingerprint density at radius 1 is 0.913 bits per heavy atom. The van der Waals surface area contributed by atoms with Crippen LogP contribution in [0.15, 0.2) is 77.7 Å². The van der Waals surface area contributed by atoms with Gasteiger partial charge in [-0.15, -0.1) is 0 Å². The minimum absolute atomic E-state index is 0.160. The van der Waals surface area contributed by atoms with Crippen molar-refractivity contribution in [3.63, 3.8) is 0 Å². The zero-order valence-corrected chi connectivity index (χ0v) is 12.4. The normalized spacial score (nSPS) is 10.3. The Hall–Kier alpha value is -3.14. The Labute approximate surface area is 133 Å². The Morgan fingerprint density at radius 3 is 2.48 bits per heavy atom. The molecule has 114 valence electrons. The fourth-order valence-corrected chi connectivity index (χ4v) is 2.22. The summed E-state index contributed by atoms with van der Waals surface area (Å²) in [5, 5.41) is 0. The van der Waals surface area contributed by atoms with Gasteiger partial charge in [-0.25, -0.2) is 4.79 Å². The molecular formula is C19H15NO3. The van der Waals surface area contributed by atoms with Crippen molar-refractivity contribution >= 4 is 5.97 Å². The number of carbonyl (C=O) groups is 1. The Kier molecular flexibility index (Phi) is 4.34. The van der Waals surface area contributed by atoms with Crippen LogP contribution in [-0.4, -0.2) is 11.0 Å². The molecule has 0 atom stereocenters. The molecule has 0 unspecified atom stereocenters. The SMILES string of the molecule is O=C(OCc1ccccc1)c1cccc(-c2ccc(=O)[nH]c2)c1. The van der Waals surface area contributed by atoms with Crippen molar-refractivity contribution in [3.05, 3.63) is 94.4 Å². The number of carbonyl (C=O) groups excluding carboxylic acids is 1. The first kappa shape index (κ1) is 14.8. The van der Waals surface area contributed by atoms with E-state index in [0.29, 0.717) is 5.56 Å². The third-order valence-corrected chi connectivity index (χ3v) is 3.43. The molecule has 1 heterocycles. The molecule has 0 radical (unpaired) electrons. The number of esters is 1. The van der Waals surface area contributed by atoms with Gasteiger partial charge in [-0.3, -0.25) is 4.79 Å². The molecule has 3 aromatic rings. The maximum absolute atomic E-state index is 12.2. The van der Waals surface area contributed by atoms with Crippen LogP contribution in [0.4, 0.5) is 0 Å². The number of aromatic amines is 1. The summed E-state index contributed by atoms with van der Waals surface area (Å²) in [5.74, 6) is -0.375. The minimum atomic E-state index is -0.375. The number of hydrogen-bond acceptors (Lipinski definition) is 3. The van der Waals surface area contributed by atoms with Gasteiger partial charge in [0.1, 0.15) is 6.61 Å². The molecule has 0 aliphatic carbocycles. The second kappa shape index (κ2) is 6.75. The van der Waals surface area contributed by atoms with Crippen molar-refractivity contribution in [1.82, 2.24) is 4.98 Å². The van der Waals surface area contributed by atoms with Crippen LogP contribution in [-0.2, 0) is 11.3 Å². The molecule has 0 fully saturated rings. The van der Waals surface area contributed by atoms with Gasteiger partial charge in [0.2, 0.25) is 5.56 Å². The number of aromatic nitrogens is 1. The highest BCUT2D eigenvalue weighted by Crippen LogP contribution is 2.19. The molecule has 2 aromatic carbocycles. The summed E-state index contributed by atoms with van der Waals surface area (Å²) in [6.45, 7) is 0.239. The lowest BCUT2D eigenvalue weighted by Gasteiger charge is -2.07. The quantitative estimate of drug-likeness (QED) is 0.752. The molecule has 1 N–H and O–H groups in total. The van der Waals surface area contributed by atoms with Gasteiger partial charge in [-0.1, -0.05) is 42.5 Å². The molecule has 0 amide bonds. The largest absolute Gasteiger partial charge is 0.457 e. The smallest absolute Gasteiger partial charge is 0.338 e. The van der Waals surface area contributed by atoms with Gasteiger partial charge in [0.05, 0.1) is 5.56 Å². The molecule has 3 rings (SSSR count). The third-order valence-electron chi connectivity index (χ3n) is 3.43. The first-order valence-corrected chi connectivity index (χ1v) is 7.22. The topological polar surface area (TPSA) is 59.2 Å². The highest BCUT2D eigenvalue weighted by molar-refractivity contribution is 5.91. The van der Waals surface area contributed by atoms with E-state index in [0.717, 1.165) is 16.7 Å². The van der Waals surface area contributed by atoms with E-state index in [1.807, 2.05) is 36.4 Å². The molecule has 4 heteroatoms. The van der Waals surface area contributed by atoms with Crippen LogP contribution in [0.3, 0.4) is 0 Å². The molecule has 0 bridgehead atoms. The van der Waals surface area contributed by atoms with Gasteiger partial charge >= 0.3 is 5.97 Å². The number of pyridine rings is 1. The van der Waals surface area contributed by atoms with Gasteiger partial charge in [0, 0.05) is 12.3 Å². The van der Waals surface area contributed by atoms with Crippen LogP contribution in [0.5, 0.6) is 0 Å². The first-order chi connectivity index (χ1) is 11.2. The summed E-state index contributed by atoms with van der Waals surface area (Å²) in [6, 6.07) is 19.8. The van der Waals surface area contributed by atoms with Crippen LogP contribution >= 0.6 is 0 Å². The van der Waals surface area contributed by atoms with E-state index >= 15 is 0 Å². The molecule has 0 saturated carbocycles. The van der Waals surface area contributed by atoms with Crippen LogP contribution in [0.1, 0.15) is 15.9 Å². The summed E-state index contributed by atoms with van der Waals surface area (Å²) in [7, 11) is 0. The highest BCUT2D eigenvalue weighted by atomic mass is 16.5. The average molecular weight is 305 g/mol. The zero-order chi connectivity index (χ0) is 16.1. The van der Waals surface area contributed by atoms with Crippen LogP contribution in [0.2, 0.25) is 0 Å². The van der Waals surface area contributed by atoms with Crippen molar-refractivity contribution in [1.29, 1.82) is 0 Å². The van der Waals surface area contributed by atoms with Gasteiger partial charge in [0.15, 0.2) is 0 Å². The number of H-pyrrole nitrogens is 1. The maximum Gasteiger partial charge on any atom is 0.338 e. The second-order valence-electron chi connectivity index (χ2n) is 5.08. The number of hydrogen-bond donors (Lipinski definition) is 1. The lowest BCUT2D eigenvalue weighted by molar-refractivity contribution is 0.0473. The zero-order valence-electron chi connectivity index (χ0n) is 12.4. The fraction of sp³-hybridized carbons (Fsp3) is 0.0526. The maximum atomic E-state index is 12.2. The third kappa shape index (κ3) is 3.74. The molecule has 1 aromatic heterocycles. The molecule has 0 aliphatic rings. The number of rotatable bonds is 4. The highest BCUT2D eigenvalue weighted by Gasteiger charge is 2.09. The van der Waals surface area contributed by atoms with Crippen molar-refractivity contribution in [2.75, 3.05) is 0 Å². The Balaban J connectivity index is 1.75. The molecule has 4 nitrogen and oxygen atoms in total. The standard InChI is InChI=1S/C19H15NO3/c21-18-10-9-17(12-20-18)15-7-4-8-16(11-15)19(22)23-13-14-5-2-1-3-6-14/h1-12H,13H2,(H,20,21). The second-order valence-corrected chi connectivity index (χ2v) is 5.08. The number of nitrogens with one attached hydrogen (secondary N) is 1. The van der Waals surface area contributed by atoms with E-state index < -0.39 is 0 Å². The van der Waals surface area contributed by atoms with E-state index in [4.69, 9.17) is 4.74 Å². The van der Waals surface area contributed by atoms with E-state index in [1.54, 1.807) is 30.5 Å². The van der Waals surface area contributed by atoms with Crippen LogP contribution < -0.4 is 5.56 Å².